The lowest BCUT2D eigenvalue weighted by Gasteiger charge is -2.27. The molecule has 6 heteroatoms. The van der Waals surface area contributed by atoms with Crippen LogP contribution in [-0.2, 0) is 18.3 Å². The zero-order valence-corrected chi connectivity index (χ0v) is 15.9. The normalized spacial score (nSPS) is 12.3. The van der Waals surface area contributed by atoms with E-state index in [9.17, 15) is 0 Å². The van der Waals surface area contributed by atoms with E-state index in [0.29, 0.717) is 24.7 Å². The molecule has 0 aliphatic heterocycles. The van der Waals surface area contributed by atoms with Gasteiger partial charge in [0.15, 0.2) is 11.8 Å². The predicted molar refractivity (Wildman–Crippen MR) is 101 cm³/mol. The molecule has 136 valence electrons. The first-order valence-electron chi connectivity index (χ1n) is 8.77. The molecule has 0 aliphatic rings. The van der Waals surface area contributed by atoms with Crippen molar-refractivity contribution < 1.29 is 4.52 Å². The smallest absolute Gasteiger partial charge is 0.228 e. The van der Waals surface area contributed by atoms with Gasteiger partial charge in [0.25, 0.3) is 0 Å². The van der Waals surface area contributed by atoms with Crippen LogP contribution in [0.4, 0.5) is 0 Å². The number of hydrogen-bond donors (Lipinski definition) is 2. The highest BCUT2D eigenvalue weighted by Crippen LogP contribution is 2.22. The lowest BCUT2D eigenvalue weighted by molar-refractivity contribution is 0.374. The van der Waals surface area contributed by atoms with E-state index >= 15 is 0 Å². The van der Waals surface area contributed by atoms with Crippen molar-refractivity contribution in [1.29, 1.82) is 0 Å². The summed E-state index contributed by atoms with van der Waals surface area (Å²) in [7, 11) is 1.77. The molecular weight excluding hydrogens is 314 g/mol. The average molecular weight is 343 g/mol. The summed E-state index contributed by atoms with van der Waals surface area (Å²) in [6.45, 7) is 9.93. The van der Waals surface area contributed by atoms with Gasteiger partial charge < -0.3 is 15.2 Å². The van der Waals surface area contributed by atoms with Crippen molar-refractivity contribution in [3.63, 3.8) is 0 Å². The lowest BCUT2D eigenvalue weighted by atomic mass is 9.84. The fraction of sp³-hybridized carbons (Fsp3) is 0.526. The first kappa shape index (κ1) is 19.0. The zero-order valence-electron chi connectivity index (χ0n) is 15.9. The van der Waals surface area contributed by atoms with E-state index in [-0.39, 0.29) is 5.41 Å². The molecule has 25 heavy (non-hydrogen) atoms. The number of nitrogens with zero attached hydrogens (tertiary/aromatic N) is 3. The highest BCUT2D eigenvalue weighted by atomic mass is 16.5. The summed E-state index contributed by atoms with van der Waals surface area (Å²) in [6, 6.07) is 8.84. The van der Waals surface area contributed by atoms with Gasteiger partial charge in [0.05, 0.1) is 0 Å². The van der Waals surface area contributed by atoms with Gasteiger partial charge in [0.2, 0.25) is 5.89 Å². The van der Waals surface area contributed by atoms with Gasteiger partial charge in [-0.1, -0.05) is 50.2 Å². The van der Waals surface area contributed by atoms with E-state index in [2.05, 4.69) is 70.8 Å². The number of aryl methyl sites for hydroxylation is 2. The molecule has 0 saturated heterocycles. The highest BCUT2D eigenvalue weighted by molar-refractivity contribution is 5.79. The predicted octanol–water partition coefficient (Wildman–Crippen LogP) is 2.63. The van der Waals surface area contributed by atoms with Gasteiger partial charge in [-0.3, -0.25) is 4.99 Å². The Kier molecular flexibility index (Phi) is 6.56. The Hall–Kier alpha value is -2.37. The Bertz CT molecular complexity index is 688. The molecule has 2 rings (SSSR count). The van der Waals surface area contributed by atoms with Crippen molar-refractivity contribution in [2.24, 2.45) is 4.99 Å². The van der Waals surface area contributed by atoms with Crippen molar-refractivity contribution in [2.45, 2.75) is 46.0 Å². The van der Waals surface area contributed by atoms with E-state index < -0.39 is 0 Å². The van der Waals surface area contributed by atoms with Crippen LogP contribution in [0.25, 0.3) is 0 Å². The van der Waals surface area contributed by atoms with Gasteiger partial charge in [-0.2, -0.15) is 4.98 Å². The molecule has 0 saturated carbocycles. The second kappa shape index (κ2) is 8.65. The van der Waals surface area contributed by atoms with Gasteiger partial charge >= 0.3 is 0 Å². The molecule has 0 amide bonds. The Morgan fingerprint density at radius 2 is 1.92 bits per heavy atom. The van der Waals surface area contributed by atoms with Crippen LogP contribution in [0.3, 0.4) is 0 Å². The van der Waals surface area contributed by atoms with Gasteiger partial charge in [0.1, 0.15) is 0 Å². The molecule has 6 nitrogen and oxygen atoms in total. The summed E-state index contributed by atoms with van der Waals surface area (Å²) >= 11 is 0. The third-order valence-electron chi connectivity index (χ3n) is 4.27. The number of benzene rings is 1. The van der Waals surface area contributed by atoms with Crippen molar-refractivity contribution in [1.82, 2.24) is 20.8 Å². The number of aliphatic imine (C=N–C) groups is 1. The van der Waals surface area contributed by atoms with Crippen LogP contribution in [0.5, 0.6) is 0 Å². The molecular formula is C19H29N5O. The number of hydrogen-bond acceptors (Lipinski definition) is 4. The Balaban J connectivity index is 1.83. The largest absolute Gasteiger partial charge is 0.356 e. The van der Waals surface area contributed by atoms with E-state index in [0.717, 1.165) is 18.9 Å². The molecule has 1 heterocycles. The summed E-state index contributed by atoms with van der Waals surface area (Å²) in [6.07, 6.45) is 1.73. The first-order valence-corrected chi connectivity index (χ1v) is 8.77. The minimum absolute atomic E-state index is 0.00743. The topological polar surface area (TPSA) is 75.3 Å². The maximum Gasteiger partial charge on any atom is 0.228 e. The van der Waals surface area contributed by atoms with Crippen LogP contribution in [0.1, 0.15) is 43.6 Å². The second-order valence-electron chi connectivity index (χ2n) is 6.77. The molecule has 0 spiro atoms. The van der Waals surface area contributed by atoms with Gasteiger partial charge in [-0.25, -0.2) is 0 Å². The molecule has 0 atom stereocenters. The van der Waals surface area contributed by atoms with Crippen molar-refractivity contribution in [3.8, 4) is 0 Å². The van der Waals surface area contributed by atoms with Crippen molar-refractivity contribution >= 4 is 5.96 Å². The summed E-state index contributed by atoms with van der Waals surface area (Å²) in [5.41, 5.74) is 2.68. The van der Waals surface area contributed by atoms with Crippen LogP contribution < -0.4 is 10.6 Å². The minimum Gasteiger partial charge on any atom is -0.356 e. The van der Waals surface area contributed by atoms with Crippen LogP contribution in [0, 0.1) is 6.92 Å². The monoisotopic (exact) mass is 343 g/mol. The third-order valence-corrected chi connectivity index (χ3v) is 4.27. The Labute approximate surface area is 150 Å². The molecule has 1 aromatic carbocycles. The second-order valence-corrected chi connectivity index (χ2v) is 6.77. The number of rotatable bonds is 7. The van der Waals surface area contributed by atoms with Crippen molar-refractivity contribution in [2.75, 3.05) is 20.1 Å². The van der Waals surface area contributed by atoms with Gasteiger partial charge in [-0.15, -0.1) is 0 Å². The van der Waals surface area contributed by atoms with Crippen LogP contribution in [-0.4, -0.2) is 36.2 Å². The van der Waals surface area contributed by atoms with Crippen LogP contribution in [0.2, 0.25) is 0 Å². The third kappa shape index (κ3) is 5.59. The summed E-state index contributed by atoms with van der Waals surface area (Å²) in [4.78, 5) is 8.47. The number of aromatic nitrogens is 2. The van der Waals surface area contributed by atoms with Gasteiger partial charge in [0, 0.05) is 32.0 Å². The SMILES string of the molecule is CCc1ccc(C(C)(C)CNC(=NC)NCCc2nc(C)no2)cc1. The number of guanidine groups is 1. The minimum atomic E-state index is 0.00743. The number of nitrogens with one attached hydrogen (secondary N) is 2. The molecule has 0 fully saturated rings. The summed E-state index contributed by atoms with van der Waals surface area (Å²) < 4.78 is 5.11. The first-order chi connectivity index (χ1) is 11.9. The highest BCUT2D eigenvalue weighted by Gasteiger charge is 2.20. The van der Waals surface area contributed by atoms with E-state index in [1.807, 2.05) is 6.92 Å². The van der Waals surface area contributed by atoms with Crippen LogP contribution in [0.15, 0.2) is 33.8 Å². The maximum atomic E-state index is 5.11. The molecule has 0 bridgehead atoms. The molecule has 2 N–H and O–H groups in total. The molecule has 1 aromatic heterocycles. The molecule has 0 unspecified atom stereocenters. The molecule has 0 aliphatic carbocycles. The Morgan fingerprint density at radius 1 is 1.20 bits per heavy atom. The van der Waals surface area contributed by atoms with Gasteiger partial charge in [-0.05, 0) is 24.5 Å². The standard InChI is InChI=1S/C19H29N5O/c1-6-15-7-9-16(10-8-15)19(3,4)13-22-18(20-5)21-12-11-17-23-14(2)24-25-17/h7-10H,6,11-13H2,1-5H3,(H2,20,21,22). The zero-order chi connectivity index (χ0) is 18.3. The molecule has 0 radical (unpaired) electrons. The van der Waals surface area contributed by atoms with Crippen LogP contribution >= 0.6 is 0 Å². The van der Waals surface area contributed by atoms with E-state index in [1.54, 1.807) is 7.05 Å². The maximum absolute atomic E-state index is 5.11. The van der Waals surface area contributed by atoms with E-state index in [4.69, 9.17) is 4.52 Å². The fourth-order valence-electron chi connectivity index (χ4n) is 2.55. The summed E-state index contributed by atoms with van der Waals surface area (Å²) in [5, 5.41) is 10.5. The Morgan fingerprint density at radius 3 is 2.48 bits per heavy atom. The average Bonchev–Trinajstić information content (AvgIpc) is 3.03. The summed E-state index contributed by atoms with van der Waals surface area (Å²) in [5.74, 6) is 2.07. The quantitative estimate of drug-likeness (QED) is 0.597. The molecule has 2 aromatic rings. The van der Waals surface area contributed by atoms with E-state index in [1.165, 1.54) is 11.1 Å². The lowest BCUT2D eigenvalue weighted by Crippen LogP contribution is -2.44. The van der Waals surface area contributed by atoms with Crippen molar-refractivity contribution in [3.05, 3.63) is 47.1 Å². The fourth-order valence-corrected chi connectivity index (χ4v) is 2.55.